The number of hydrogen-bond acceptors (Lipinski definition) is 3. The van der Waals surface area contributed by atoms with Gasteiger partial charge in [0.1, 0.15) is 6.10 Å². The van der Waals surface area contributed by atoms with Crippen LogP contribution in [-0.4, -0.2) is 24.0 Å². The van der Waals surface area contributed by atoms with Gasteiger partial charge in [0, 0.05) is 5.92 Å². The van der Waals surface area contributed by atoms with Crippen LogP contribution in [0.25, 0.3) is 0 Å². The Hall–Kier alpha value is -1.06. The van der Waals surface area contributed by atoms with Crippen molar-refractivity contribution in [3.05, 3.63) is 0 Å². The van der Waals surface area contributed by atoms with Crippen LogP contribution in [-0.2, 0) is 14.3 Å². The summed E-state index contributed by atoms with van der Waals surface area (Å²) in [6, 6.07) is 0.144. The molecule has 13 heavy (non-hydrogen) atoms. The van der Waals surface area contributed by atoms with E-state index in [1.807, 2.05) is 0 Å². The molecule has 2 aliphatic heterocycles. The van der Waals surface area contributed by atoms with Gasteiger partial charge in [0.25, 0.3) is 0 Å². The zero-order valence-electron chi connectivity index (χ0n) is 6.90. The number of ether oxygens (including phenoxy) is 1. The first-order chi connectivity index (χ1) is 6.27. The van der Waals surface area contributed by atoms with Gasteiger partial charge in [-0.3, -0.25) is 9.59 Å². The fraction of sp³-hybridized carbons (Fsp3) is 0.778. The van der Waals surface area contributed by atoms with Crippen LogP contribution in [0.1, 0.15) is 6.42 Å². The number of carbonyl (C=O) groups excluding carboxylic acids is 2. The summed E-state index contributed by atoms with van der Waals surface area (Å²) in [6.07, 6.45) is 1.01. The zero-order chi connectivity index (χ0) is 8.74. The minimum Gasteiger partial charge on any atom is -0.460 e. The van der Waals surface area contributed by atoms with Gasteiger partial charge in [-0.25, -0.2) is 0 Å². The normalized spacial score (nSPS) is 60.0. The number of rotatable bonds is 0. The monoisotopic (exact) mass is 179 g/mol. The van der Waals surface area contributed by atoms with Gasteiger partial charge in [0.15, 0.2) is 0 Å². The van der Waals surface area contributed by atoms with E-state index in [1.54, 1.807) is 0 Å². The van der Waals surface area contributed by atoms with Crippen molar-refractivity contribution in [3.8, 4) is 0 Å². The fourth-order valence-corrected chi connectivity index (χ4v) is 3.86. The Labute approximate surface area is 74.6 Å². The van der Waals surface area contributed by atoms with E-state index < -0.39 is 0 Å². The van der Waals surface area contributed by atoms with Crippen LogP contribution in [0.4, 0.5) is 0 Å². The Morgan fingerprint density at radius 1 is 1.23 bits per heavy atom. The van der Waals surface area contributed by atoms with Crippen LogP contribution in [0, 0.1) is 23.7 Å². The molecule has 4 nitrogen and oxygen atoms in total. The van der Waals surface area contributed by atoms with Gasteiger partial charge in [-0.15, -0.1) is 0 Å². The van der Waals surface area contributed by atoms with E-state index in [2.05, 4.69) is 5.32 Å². The second-order valence-electron chi connectivity index (χ2n) is 4.55. The number of esters is 1. The topological polar surface area (TPSA) is 55.4 Å². The molecule has 68 valence electrons. The molecule has 2 saturated carbocycles. The molecule has 2 saturated heterocycles. The minimum absolute atomic E-state index is 0.00481. The van der Waals surface area contributed by atoms with Gasteiger partial charge >= 0.3 is 5.97 Å². The second kappa shape index (κ2) is 1.61. The maximum Gasteiger partial charge on any atom is 0.310 e. The van der Waals surface area contributed by atoms with Crippen LogP contribution in [0.2, 0.25) is 0 Å². The Morgan fingerprint density at radius 2 is 2.08 bits per heavy atom. The number of nitrogens with one attached hydrogen (secondary N) is 1. The van der Waals surface area contributed by atoms with E-state index in [4.69, 9.17) is 4.74 Å². The Morgan fingerprint density at radius 3 is 2.92 bits per heavy atom. The third-order valence-electron chi connectivity index (χ3n) is 4.23. The molecule has 0 unspecified atom stereocenters. The third kappa shape index (κ3) is 0.474. The fourth-order valence-electron chi connectivity index (χ4n) is 3.86. The molecule has 6 atom stereocenters. The van der Waals surface area contributed by atoms with Crippen molar-refractivity contribution in [2.75, 3.05) is 0 Å². The van der Waals surface area contributed by atoms with E-state index in [0.717, 1.165) is 6.42 Å². The summed E-state index contributed by atoms with van der Waals surface area (Å²) in [4.78, 5) is 22.9. The summed E-state index contributed by atoms with van der Waals surface area (Å²) >= 11 is 0. The molecule has 4 aliphatic rings. The highest BCUT2D eigenvalue weighted by Gasteiger charge is 2.71. The molecule has 1 N–H and O–H groups in total. The molecule has 0 aromatic carbocycles. The summed E-state index contributed by atoms with van der Waals surface area (Å²) < 4.78 is 5.27. The van der Waals surface area contributed by atoms with E-state index >= 15 is 0 Å². The van der Waals surface area contributed by atoms with Crippen molar-refractivity contribution in [3.63, 3.8) is 0 Å². The van der Waals surface area contributed by atoms with E-state index in [9.17, 15) is 9.59 Å². The lowest BCUT2D eigenvalue weighted by molar-refractivity contribution is -0.147. The Kier molecular flexibility index (Phi) is 0.791. The molecule has 2 heterocycles. The second-order valence-corrected chi connectivity index (χ2v) is 4.55. The molecule has 1 amide bonds. The van der Waals surface area contributed by atoms with Crippen LogP contribution < -0.4 is 5.32 Å². The smallest absolute Gasteiger partial charge is 0.310 e. The highest BCUT2D eigenvalue weighted by atomic mass is 16.6. The van der Waals surface area contributed by atoms with E-state index in [1.165, 1.54) is 0 Å². The Bertz CT molecular complexity index is 304. The molecular formula is C9H9NO3. The summed E-state index contributed by atoms with van der Waals surface area (Å²) in [5.41, 5.74) is 0. The predicted octanol–water partition coefficient (Wildman–Crippen LogP) is -0.708. The first-order valence-corrected chi connectivity index (χ1v) is 4.78. The quantitative estimate of drug-likeness (QED) is 0.500. The SMILES string of the molecule is O=C1N[C@H]2[C@H]3C[C@@H]4[C@@H]2OC(=O)[C@@H]4[C@H]13. The van der Waals surface area contributed by atoms with Crippen LogP contribution in [0.5, 0.6) is 0 Å². The maximum atomic E-state index is 11.5. The van der Waals surface area contributed by atoms with Gasteiger partial charge < -0.3 is 10.1 Å². The van der Waals surface area contributed by atoms with Crippen molar-refractivity contribution in [2.45, 2.75) is 18.6 Å². The molecule has 4 fully saturated rings. The average Bonchev–Trinajstić information content (AvgIpc) is 2.67. The molecule has 0 spiro atoms. The van der Waals surface area contributed by atoms with Crippen LogP contribution in [0.15, 0.2) is 0 Å². The van der Waals surface area contributed by atoms with E-state index in [-0.39, 0.29) is 35.9 Å². The lowest BCUT2D eigenvalue weighted by Gasteiger charge is -2.18. The average molecular weight is 179 g/mol. The summed E-state index contributed by atoms with van der Waals surface area (Å²) in [5, 5.41) is 2.94. The molecular weight excluding hydrogens is 170 g/mol. The van der Waals surface area contributed by atoms with Crippen molar-refractivity contribution in [1.82, 2.24) is 5.32 Å². The van der Waals surface area contributed by atoms with Gasteiger partial charge in [-0.05, 0) is 12.3 Å². The van der Waals surface area contributed by atoms with Gasteiger partial charge in [0.05, 0.1) is 17.9 Å². The number of fused-ring (bicyclic) bond motifs is 2. The number of amides is 1. The van der Waals surface area contributed by atoms with Gasteiger partial charge in [-0.1, -0.05) is 0 Å². The first kappa shape index (κ1) is 6.40. The number of hydrogen-bond donors (Lipinski definition) is 1. The van der Waals surface area contributed by atoms with E-state index in [0.29, 0.717) is 11.8 Å². The standard InChI is InChI=1S/C9H9NO3/c11-8-4-2-1-3-5(4)9(12)13-7(3)6(2)10-8/h2-7H,1H2,(H,10,11)/t2-,3-,4+,5-,6-,7-/m0/s1. The van der Waals surface area contributed by atoms with Crippen molar-refractivity contribution in [1.29, 1.82) is 0 Å². The number of carbonyl (C=O) groups is 2. The largest absolute Gasteiger partial charge is 0.460 e. The predicted molar refractivity (Wildman–Crippen MR) is 40.4 cm³/mol. The molecule has 0 aromatic rings. The van der Waals surface area contributed by atoms with Crippen molar-refractivity contribution >= 4 is 11.9 Å². The third-order valence-corrected chi connectivity index (χ3v) is 4.23. The maximum absolute atomic E-state index is 11.5. The van der Waals surface area contributed by atoms with Crippen molar-refractivity contribution < 1.29 is 14.3 Å². The molecule has 4 heteroatoms. The first-order valence-electron chi connectivity index (χ1n) is 4.78. The van der Waals surface area contributed by atoms with Crippen LogP contribution >= 0.6 is 0 Å². The highest BCUT2D eigenvalue weighted by Crippen LogP contribution is 2.60. The van der Waals surface area contributed by atoms with Gasteiger partial charge in [0.2, 0.25) is 5.91 Å². The summed E-state index contributed by atoms with van der Waals surface area (Å²) in [6.45, 7) is 0. The molecule has 0 radical (unpaired) electrons. The zero-order valence-corrected chi connectivity index (χ0v) is 6.90. The highest BCUT2D eigenvalue weighted by molar-refractivity contribution is 5.91. The molecule has 0 aromatic heterocycles. The molecule has 2 aliphatic carbocycles. The molecule has 2 bridgehead atoms. The minimum atomic E-state index is -0.125. The van der Waals surface area contributed by atoms with Crippen molar-refractivity contribution in [2.24, 2.45) is 23.7 Å². The van der Waals surface area contributed by atoms with Crippen LogP contribution in [0.3, 0.4) is 0 Å². The van der Waals surface area contributed by atoms with Gasteiger partial charge in [-0.2, -0.15) is 0 Å². The summed E-state index contributed by atoms with van der Waals surface area (Å²) in [5.74, 6) is 0.530. The lowest BCUT2D eigenvalue weighted by Crippen LogP contribution is -2.37. The lowest BCUT2D eigenvalue weighted by atomic mass is 9.81. The Balaban J connectivity index is 1.94. The molecule has 4 rings (SSSR count). The summed E-state index contributed by atoms with van der Waals surface area (Å²) in [7, 11) is 0.